The average molecular weight is 493 g/mol. The molecule has 0 bridgehead atoms. The van der Waals surface area contributed by atoms with Gasteiger partial charge in [-0.1, -0.05) is 30.3 Å². The Kier molecular flexibility index (Phi) is 7.33. The quantitative estimate of drug-likeness (QED) is 0.415. The first-order valence-electron chi connectivity index (χ1n) is 12.5. The SMILES string of the molecule is CC(Oc1cnc(-c2cccc(Cn3nc(-c4cccc(C#N)c4)ccc3=O)c2)nc1)C1CCNCC1. The van der Waals surface area contributed by atoms with E-state index < -0.39 is 0 Å². The van der Waals surface area contributed by atoms with Gasteiger partial charge in [-0.25, -0.2) is 14.6 Å². The molecule has 0 spiro atoms. The average Bonchev–Trinajstić information content (AvgIpc) is 2.95. The Labute approximate surface area is 215 Å². The third-order valence-electron chi connectivity index (χ3n) is 6.67. The number of hydrogen-bond donors (Lipinski definition) is 1. The van der Waals surface area contributed by atoms with Crippen molar-refractivity contribution in [3.63, 3.8) is 0 Å². The maximum atomic E-state index is 12.5. The lowest BCUT2D eigenvalue weighted by Crippen LogP contribution is -2.35. The van der Waals surface area contributed by atoms with Crippen LogP contribution in [-0.4, -0.2) is 38.9 Å². The third-order valence-corrected chi connectivity index (χ3v) is 6.67. The summed E-state index contributed by atoms with van der Waals surface area (Å²) in [5.41, 5.74) is 3.50. The summed E-state index contributed by atoms with van der Waals surface area (Å²) in [6.45, 7) is 4.47. The Hall–Kier alpha value is -4.35. The van der Waals surface area contributed by atoms with Gasteiger partial charge in [-0.3, -0.25) is 4.79 Å². The smallest absolute Gasteiger partial charge is 0.267 e. The summed E-state index contributed by atoms with van der Waals surface area (Å²) >= 11 is 0. The van der Waals surface area contributed by atoms with Crippen LogP contribution < -0.4 is 15.6 Å². The molecule has 1 N–H and O–H groups in total. The highest BCUT2D eigenvalue weighted by Crippen LogP contribution is 2.23. The van der Waals surface area contributed by atoms with Gasteiger partial charge in [-0.05, 0) is 68.6 Å². The van der Waals surface area contributed by atoms with Gasteiger partial charge in [0.2, 0.25) is 0 Å². The standard InChI is InChI=1S/C29H28N6O2/c1-20(23-10-12-31-13-11-23)37-26-17-32-29(33-18-26)25-7-3-5-22(15-25)19-35-28(36)9-8-27(34-35)24-6-2-4-21(14-24)16-30/h2-9,14-15,17-18,20,23,31H,10-13,19H2,1H3. The van der Waals surface area contributed by atoms with E-state index in [0.717, 1.165) is 42.6 Å². The van der Waals surface area contributed by atoms with E-state index in [2.05, 4.69) is 33.4 Å². The first-order valence-corrected chi connectivity index (χ1v) is 12.5. The zero-order valence-electron chi connectivity index (χ0n) is 20.7. The van der Waals surface area contributed by atoms with E-state index in [9.17, 15) is 10.1 Å². The minimum atomic E-state index is -0.203. The summed E-state index contributed by atoms with van der Waals surface area (Å²) in [6, 6.07) is 20.2. The Morgan fingerprint density at radius 2 is 1.81 bits per heavy atom. The van der Waals surface area contributed by atoms with Gasteiger partial charge in [0.1, 0.15) is 0 Å². The highest BCUT2D eigenvalue weighted by Gasteiger charge is 2.21. The van der Waals surface area contributed by atoms with Crippen LogP contribution in [-0.2, 0) is 6.54 Å². The molecule has 186 valence electrons. The summed E-state index contributed by atoms with van der Waals surface area (Å²) in [4.78, 5) is 21.6. The molecular formula is C29H28N6O2. The van der Waals surface area contributed by atoms with Crippen LogP contribution in [0, 0.1) is 17.2 Å². The van der Waals surface area contributed by atoms with Crippen LogP contribution >= 0.6 is 0 Å². The maximum absolute atomic E-state index is 12.5. The molecule has 1 fully saturated rings. The summed E-state index contributed by atoms with van der Waals surface area (Å²) in [5.74, 6) is 1.79. The molecule has 0 amide bonds. The van der Waals surface area contributed by atoms with Gasteiger partial charge in [0.15, 0.2) is 11.6 Å². The van der Waals surface area contributed by atoms with Crippen LogP contribution in [0.3, 0.4) is 0 Å². The molecule has 1 unspecified atom stereocenters. The first kappa shape index (κ1) is 24.3. The van der Waals surface area contributed by atoms with Crippen LogP contribution in [0.4, 0.5) is 0 Å². The molecule has 0 radical (unpaired) electrons. The fourth-order valence-electron chi connectivity index (χ4n) is 4.60. The van der Waals surface area contributed by atoms with Crippen molar-refractivity contribution in [2.75, 3.05) is 13.1 Å². The zero-order valence-corrected chi connectivity index (χ0v) is 20.7. The van der Waals surface area contributed by atoms with Crippen LogP contribution in [0.15, 0.2) is 77.9 Å². The molecule has 1 atom stereocenters. The molecule has 1 aliphatic rings. The largest absolute Gasteiger partial charge is 0.487 e. The predicted molar refractivity (Wildman–Crippen MR) is 141 cm³/mol. The van der Waals surface area contributed by atoms with E-state index in [1.807, 2.05) is 30.3 Å². The zero-order chi connectivity index (χ0) is 25.6. The second-order valence-corrected chi connectivity index (χ2v) is 9.26. The van der Waals surface area contributed by atoms with Crippen molar-refractivity contribution in [2.45, 2.75) is 32.4 Å². The van der Waals surface area contributed by atoms with E-state index in [4.69, 9.17) is 4.74 Å². The molecule has 5 rings (SSSR count). The van der Waals surface area contributed by atoms with E-state index in [1.165, 1.54) is 10.7 Å². The molecule has 4 aromatic rings. The van der Waals surface area contributed by atoms with Crippen molar-refractivity contribution in [3.05, 3.63) is 94.5 Å². The molecule has 8 nitrogen and oxygen atoms in total. The van der Waals surface area contributed by atoms with E-state index in [-0.39, 0.29) is 11.7 Å². The van der Waals surface area contributed by atoms with Crippen LogP contribution in [0.1, 0.15) is 30.9 Å². The number of rotatable bonds is 7. The minimum Gasteiger partial charge on any atom is -0.487 e. The second-order valence-electron chi connectivity index (χ2n) is 9.26. The lowest BCUT2D eigenvalue weighted by Gasteiger charge is -2.28. The summed E-state index contributed by atoms with van der Waals surface area (Å²) in [5, 5.41) is 17.1. The Morgan fingerprint density at radius 1 is 1.05 bits per heavy atom. The maximum Gasteiger partial charge on any atom is 0.267 e. The van der Waals surface area contributed by atoms with Gasteiger partial charge < -0.3 is 10.1 Å². The summed E-state index contributed by atoms with van der Waals surface area (Å²) in [6.07, 6.45) is 5.78. The lowest BCUT2D eigenvalue weighted by molar-refractivity contribution is 0.127. The predicted octanol–water partition coefficient (Wildman–Crippen LogP) is 4.05. The van der Waals surface area contributed by atoms with E-state index >= 15 is 0 Å². The minimum absolute atomic E-state index is 0.115. The fraction of sp³-hybridized carbons (Fsp3) is 0.276. The Morgan fingerprint density at radius 3 is 2.59 bits per heavy atom. The van der Waals surface area contributed by atoms with Crippen molar-refractivity contribution in [1.29, 1.82) is 5.26 Å². The summed E-state index contributed by atoms with van der Waals surface area (Å²) < 4.78 is 7.53. The molecule has 3 heterocycles. The highest BCUT2D eigenvalue weighted by atomic mass is 16.5. The second kappa shape index (κ2) is 11.1. The molecule has 0 aliphatic carbocycles. The fourth-order valence-corrected chi connectivity index (χ4v) is 4.60. The molecule has 2 aromatic carbocycles. The molecule has 1 saturated heterocycles. The van der Waals surface area contributed by atoms with Crippen LogP contribution in [0.25, 0.3) is 22.6 Å². The van der Waals surface area contributed by atoms with E-state index in [1.54, 1.807) is 36.7 Å². The molecule has 8 heteroatoms. The number of piperidine rings is 1. The number of nitriles is 1. The molecule has 2 aromatic heterocycles. The number of ether oxygens (including phenoxy) is 1. The number of aromatic nitrogens is 4. The first-order chi connectivity index (χ1) is 18.1. The number of benzene rings is 2. The lowest BCUT2D eigenvalue weighted by atomic mass is 9.93. The Bertz CT molecular complexity index is 1470. The Balaban J connectivity index is 1.31. The van der Waals surface area contributed by atoms with E-state index in [0.29, 0.717) is 35.3 Å². The number of hydrogen-bond acceptors (Lipinski definition) is 7. The van der Waals surface area contributed by atoms with Crippen LogP contribution in [0.5, 0.6) is 5.75 Å². The third kappa shape index (κ3) is 5.90. The van der Waals surface area contributed by atoms with Gasteiger partial charge >= 0.3 is 0 Å². The normalized spacial score (nSPS) is 14.6. The van der Waals surface area contributed by atoms with Crippen molar-refractivity contribution in [3.8, 4) is 34.5 Å². The monoisotopic (exact) mass is 492 g/mol. The number of nitrogens with one attached hydrogen (secondary N) is 1. The molecule has 37 heavy (non-hydrogen) atoms. The molecule has 1 aliphatic heterocycles. The van der Waals surface area contributed by atoms with Gasteiger partial charge in [0.25, 0.3) is 5.56 Å². The van der Waals surface area contributed by atoms with Crippen molar-refractivity contribution in [1.82, 2.24) is 25.1 Å². The van der Waals surface area contributed by atoms with Gasteiger partial charge in [0.05, 0.1) is 42.4 Å². The van der Waals surface area contributed by atoms with Gasteiger partial charge in [0, 0.05) is 17.2 Å². The van der Waals surface area contributed by atoms with Gasteiger partial charge in [-0.2, -0.15) is 10.4 Å². The van der Waals surface area contributed by atoms with Crippen molar-refractivity contribution >= 4 is 0 Å². The highest BCUT2D eigenvalue weighted by molar-refractivity contribution is 5.60. The van der Waals surface area contributed by atoms with Crippen molar-refractivity contribution < 1.29 is 4.74 Å². The summed E-state index contributed by atoms with van der Waals surface area (Å²) in [7, 11) is 0. The molecular weight excluding hydrogens is 464 g/mol. The van der Waals surface area contributed by atoms with Crippen molar-refractivity contribution in [2.24, 2.45) is 5.92 Å². The molecule has 0 saturated carbocycles. The van der Waals surface area contributed by atoms with Crippen LogP contribution in [0.2, 0.25) is 0 Å². The topological polar surface area (TPSA) is 106 Å². The number of nitrogens with zero attached hydrogens (tertiary/aromatic N) is 5. The van der Waals surface area contributed by atoms with Gasteiger partial charge in [-0.15, -0.1) is 0 Å².